The molecule has 7 heteroatoms. The van der Waals surface area contributed by atoms with Crippen LogP contribution >= 0.6 is 11.6 Å². The Labute approximate surface area is 138 Å². The van der Waals surface area contributed by atoms with Gasteiger partial charge in [0.05, 0.1) is 16.3 Å². The topological polar surface area (TPSA) is 81.5 Å². The van der Waals surface area contributed by atoms with Gasteiger partial charge in [-0.05, 0) is 37.5 Å². The Morgan fingerprint density at radius 3 is 2.57 bits per heavy atom. The number of amides is 3. The lowest BCUT2D eigenvalue weighted by molar-refractivity contribution is -0.135. The van der Waals surface area contributed by atoms with Crippen LogP contribution < -0.4 is 4.90 Å². The van der Waals surface area contributed by atoms with Crippen LogP contribution in [0, 0.1) is 18.3 Å². The largest absolute Gasteiger partial charge is 0.332 e. The molecule has 2 aliphatic rings. The maximum Gasteiger partial charge on any atom is 0.332 e. The predicted molar refractivity (Wildman–Crippen MR) is 83.1 cm³/mol. The minimum atomic E-state index is -1.39. The first-order valence-electron chi connectivity index (χ1n) is 7.21. The van der Waals surface area contributed by atoms with Crippen LogP contribution in [0.15, 0.2) is 12.1 Å². The van der Waals surface area contributed by atoms with Gasteiger partial charge in [0.2, 0.25) is 0 Å². The van der Waals surface area contributed by atoms with E-state index in [0.29, 0.717) is 30.5 Å². The Hall–Kier alpha value is -2.39. The van der Waals surface area contributed by atoms with Gasteiger partial charge in [0.15, 0.2) is 11.3 Å². The molecule has 1 atom stereocenters. The van der Waals surface area contributed by atoms with Crippen molar-refractivity contribution in [2.45, 2.75) is 31.7 Å². The molecule has 3 amide bonds. The Morgan fingerprint density at radius 1 is 1.30 bits per heavy atom. The summed E-state index contributed by atoms with van der Waals surface area (Å²) in [6.07, 6.45) is 1.22. The predicted octanol–water partition coefficient (Wildman–Crippen LogP) is 2.41. The fourth-order valence-electron chi connectivity index (χ4n) is 3.38. The van der Waals surface area contributed by atoms with E-state index in [4.69, 9.17) is 16.9 Å². The molecule has 2 fully saturated rings. The number of hydrogen-bond acceptors (Lipinski definition) is 4. The standard InChI is InChI=1S/C16H14ClN3O3/c1-9-11(6-5-10(8-18)13(9)17)20-14(22)16(19(2)15(20)23)7-3-4-12(16)21/h5-6H,3-4,7H2,1-2H3/t16-/m1/s1. The molecule has 3 rings (SSSR count). The van der Waals surface area contributed by atoms with E-state index in [9.17, 15) is 14.4 Å². The van der Waals surface area contributed by atoms with Gasteiger partial charge < -0.3 is 4.90 Å². The summed E-state index contributed by atoms with van der Waals surface area (Å²) in [4.78, 5) is 40.0. The lowest BCUT2D eigenvalue weighted by Crippen LogP contribution is -2.51. The van der Waals surface area contributed by atoms with Crippen molar-refractivity contribution >= 4 is 35.0 Å². The normalized spacial score (nSPS) is 24.0. The zero-order valence-corrected chi connectivity index (χ0v) is 13.5. The average molecular weight is 332 g/mol. The SMILES string of the molecule is Cc1c(N2C(=O)N(C)[C@@]3(CCCC3=O)C2=O)ccc(C#N)c1Cl. The fourth-order valence-corrected chi connectivity index (χ4v) is 3.58. The molecule has 0 N–H and O–H groups in total. The van der Waals surface area contributed by atoms with Gasteiger partial charge in [-0.25, -0.2) is 9.69 Å². The van der Waals surface area contributed by atoms with Crippen molar-refractivity contribution in [1.29, 1.82) is 5.26 Å². The third-order valence-electron chi connectivity index (χ3n) is 4.73. The lowest BCUT2D eigenvalue weighted by atomic mass is 9.95. The van der Waals surface area contributed by atoms with E-state index in [0.717, 1.165) is 4.90 Å². The fraction of sp³-hybridized carbons (Fsp3) is 0.375. The van der Waals surface area contributed by atoms with E-state index in [1.165, 1.54) is 24.1 Å². The first-order valence-corrected chi connectivity index (χ1v) is 7.59. The molecule has 118 valence electrons. The van der Waals surface area contributed by atoms with Crippen LogP contribution in [0.3, 0.4) is 0 Å². The van der Waals surface area contributed by atoms with Gasteiger partial charge in [0.1, 0.15) is 6.07 Å². The molecule has 1 aliphatic carbocycles. The van der Waals surface area contributed by atoms with Crippen molar-refractivity contribution in [2.24, 2.45) is 0 Å². The molecule has 1 spiro atoms. The van der Waals surface area contributed by atoms with E-state index in [1.54, 1.807) is 6.92 Å². The molecule has 1 aromatic rings. The summed E-state index contributed by atoms with van der Waals surface area (Å²) < 4.78 is 0. The Balaban J connectivity index is 2.14. The van der Waals surface area contributed by atoms with Crippen molar-refractivity contribution < 1.29 is 14.4 Å². The number of carbonyl (C=O) groups excluding carboxylic acids is 3. The van der Waals surface area contributed by atoms with Crippen molar-refractivity contribution in [1.82, 2.24) is 4.90 Å². The molecule has 6 nitrogen and oxygen atoms in total. The minimum Gasteiger partial charge on any atom is -0.306 e. The average Bonchev–Trinajstić information content (AvgIpc) is 3.00. The minimum absolute atomic E-state index is 0.201. The van der Waals surface area contributed by atoms with Crippen LogP contribution in [0.5, 0.6) is 0 Å². The number of nitriles is 1. The van der Waals surface area contributed by atoms with E-state index in [1.807, 2.05) is 6.07 Å². The number of Topliss-reactive ketones (excluding diaryl/α,β-unsaturated/α-hetero) is 1. The van der Waals surface area contributed by atoms with Crippen LogP contribution in [-0.4, -0.2) is 35.2 Å². The molecule has 0 bridgehead atoms. The van der Waals surface area contributed by atoms with Crippen molar-refractivity contribution in [3.63, 3.8) is 0 Å². The number of urea groups is 1. The maximum atomic E-state index is 12.9. The van der Waals surface area contributed by atoms with Gasteiger partial charge in [0.25, 0.3) is 5.91 Å². The Morgan fingerprint density at radius 2 is 2.00 bits per heavy atom. The highest BCUT2D eigenvalue weighted by atomic mass is 35.5. The number of nitrogens with zero attached hydrogens (tertiary/aromatic N) is 3. The highest BCUT2D eigenvalue weighted by molar-refractivity contribution is 6.35. The molecule has 23 heavy (non-hydrogen) atoms. The summed E-state index contributed by atoms with van der Waals surface area (Å²) in [5.41, 5.74) is -0.341. The number of likely N-dealkylation sites (N-methyl/N-ethyl adjacent to an activating group) is 1. The van der Waals surface area contributed by atoms with Crippen LogP contribution in [0.2, 0.25) is 5.02 Å². The highest BCUT2D eigenvalue weighted by Crippen LogP contribution is 2.42. The van der Waals surface area contributed by atoms with E-state index in [-0.39, 0.29) is 16.4 Å². The smallest absolute Gasteiger partial charge is 0.306 e. The summed E-state index contributed by atoms with van der Waals surface area (Å²) in [5, 5.41) is 9.21. The molecule has 1 heterocycles. The molecule has 0 unspecified atom stereocenters. The van der Waals surface area contributed by atoms with Gasteiger partial charge in [-0.2, -0.15) is 5.26 Å². The van der Waals surface area contributed by atoms with E-state index < -0.39 is 17.5 Å². The van der Waals surface area contributed by atoms with Crippen molar-refractivity contribution in [2.75, 3.05) is 11.9 Å². The third kappa shape index (κ3) is 1.83. The summed E-state index contributed by atoms with van der Waals surface area (Å²) >= 11 is 6.14. The quantitative estimate of drug-likeness (QED) is 0.584. The van der Waals surface area contributed by atoms with E-state index in [2.05, 4.69) is 0 Å². The number of ketones is 1. The van der Waals surface area contributed by atoms with Gasteiger partial charge >= 0.3 is 6.03 Å². The van der Waals surface area contributed by atoms with Crippen LogP contribution in [0.4, 0.5) is 10.5 Å². The van der Waals surface area contributed by atoms with Gasteiger partial charge in [-0.15, -0.1) is 0 Å². The van der Waals surface area contributed by atoms with Gasteiger partial charge in [-0.3, -0.25) is 9.59 Å². The number of hydrogen-bond donors (Lipinski definition) is 0. The zero-order chi connectivity index (χ0) is 16.9. The second-order valence-corrected chi connectivity index (χ2v) is 6.18. The number of halogens is 1. The summed E-state index contributed by atoms with van der Waals surface area (Å²) in [6.45, 7) is 1.64. The first-order chi connectivity index (χ1) is 10.9. The lowest BCUT2D eigenvalue weighted by Gasteiger charge is -2.25. The van der Waals surface area contributed by atoms with Crippen LogP contribution in [0.25, 0.3) is 0 Å². The number of benzene rings is 1. The monoisotopic (exact) mass is 331 g/mol. The molecule has 0 aromatic heterocycles. The molecule has 1 saturated carbocycles. The maximum absolute atomic E-state index is 12.9. The molecule has 0 radical (unpaired) electrons. The summed E-state index contributed by atoms with van der Waals surface area (Å²) in [7, 11) is 1.48. The number of carbonyl (C=O) groups is 3. The molecule has 1 aliphatic heterocycles. The van der Waals surface area contributed by atoms with Crippen LogP contribution in [0.1, 0.15) is 30.4 Å². The van der Waals surface area contributed by atoms with Crippen LogP contribution in [-0.2, 0) is 9.59 Å². The molecule has 1 saturated heterocycles. The summed E-state index contributed by atoms with van der Waals surface area (Å²) in [5.74, 6) is -0.755. The number of imide groups is 1. The van der Waals surface area contributed by atoms with E-state index >= 15 is 0 Å². The Kier molecular flexibility index (Phi) is 3.42. The molecular formula is C16H14ClN3O3. The zero-order valence-electron chi connectivity index (χ0n) is 12.7. The summed E-state index contributed by atoms with van der Waals surface area (Å²) in [6, 6.07) is 4.39. The number of rotatable bonds is 1. The highest BCUT2D eigenvalue weighted by Gasteiger charge is 2.62. The van der Waals surface area contributed by atoms with Gasteiger partial charge in [0, 0.05) is 13.5 Å². The van der Waals surface area contributed by atoms with Gasteiger partial charge in [-0.1, -0.05) is 11.6 Å². The van der Waals surface area contributed by atoms with Crippen molar-refractivity contribution in [3.05, 3.63) is 28.3 Å². The second kappa shape index (κ2) is 5.07. The third-order valence-corrected chi connectivity index (χ3v) is 5.22. The second-order valence-electron chi connectivity index (χ2n) is 5.80. The molecule has 1 aromatic carbocycles. The first kappa shape index (κ1) is 15.5. The van der Waals surface area contributed by atoms with Crippen molar-refractivity contribution in [3.8, 4) is 6.07 Å². The number of anilines is 1. The Bertz CT molecular complexity index is 798. The molecular weight excluding hydrogens is 318 g/mol.